The lowest BCUT2D eigenvalue weighted by Crippen LogP contribution is -2.34. The molecule has 1 N–H and O–H groups in total. The molecule has 1 atom stereocenters. The largest absolute Gasteiger partial charge is 0.482 e. The maximum absolute atomic E-state index is 12.8. The fraction of sp³-hybridized carbons (Fsp3) is 0.208. The van der Waals surface area contributed by atoms with Crippen molar-refractivity contribution in [3.8, 4) is 5.75 Å². The Labute approximate surface area is 201 Å². The number of fused-ring (bicyclic) bond motifs is 1. The Hall–Kier alpha value is -3.23. The number of anilines is 1. The van der Waals surface area contributed by atoms with Crippen molar-refractivity contribution in [2.75, 3.05) is 18.5 Å². The maximum atomic E-state index is 12.8. The van der Waals surface area contributed by atoms with E-state index in [0.717, 1.165) is 10.7 Å². The standard InChI is InChI=1S/C24H22ClN3O4S/c1-3-31-23(30)21-15(2)26-24-28(11-12-33-24)22(21)16-9-10-19(18(25)13-16)32-14-20(29)27-17-7-5-4-6-8-17/h4-13,22H,3,14H2,1-2H3,(H,27,29)/t22-/m0/s1. The lowest BCUT2D eigenvalue weighted by Gasteiger charge is -2.33. The van der Waals surface area contributed by atoms with Crippen LogP contribution in [0, 0.1) is 0 Å². The normalized spacial score (nSPS) is 16.9. The summed E-state index contributed by atoms with van der Waals surface area (Å²) < 4.78 is 10.9. The fourth-order valence-electron chi connectivity index (χ4n) is 3.56. The third kappa shape index (κ3) is 5.07. The summed E-state index contributed by atoms with van der Waals surface area (Å²) in [6.07, 6.45) is 1.88. The first-order valence-electron chi connectivity index (χ1n) is 10.3. The van der Waals surface area contributed by atoms with Crippen LogP contribution in [0.4, 0.5) is 5.69 Å². The Morgan fingerprint density at radius 2 is 2.00 bits per heavy atom. The van der Waals surface area contributed by atoms with E-state index in [9.17, 15) is 9.59 Å². The molecule has 2 aromatic carbocycles. The lowest BCUT2D eigenvalue weighted by atomic mass is 9.95. The summed E-state index contributed by atoms with van der Waals surface area (Å²) in [5.74, 6) is -0.336. The lowest BCUT2D eigenvalue weighted by molar-refractivity contribution is -0.139. The number of amidine groups is 1. The topological polar surface area (TPSA) is 80.2 Å². The number of thioether (sulfide) groups is 1. The minimum atomic E-state index is -0.435. The highest BCUT2D eigenvalue weighted by Gasteiger charge is 2.37. The minimum Gasteiger partial charge on any atom is -0.482 e. The van der Waals surface area contributed by atoms with Gasteiger partial charge in [0.2, 0.25) is 0 Å². The first kappa shape index (κ1) is 22.9. The molecule has 170 valence electrons. The molecule has 0 unspecified atom stereocenters. The molecule has 2 aliphatic heterocycles. The third-order valence-corrected chi connectivity index (χ3v) is 6.07. The Morgan fingerprint density at radius 3 is 2.73 bits per heavy atom. The molecular formula is C24H22ClN3O4S. The van der Waals surface area contributed by atoms with Gasteiger partial charge in [-0.15, -0.1) is 0 Å². The number of rotatable bonds is 7. The molecule has 0 saturated carbocycles. The number of carbonyl (C=O) groups is 2. The molecule has 1 amide bonds. The van der Waals surface area contributed by atoms with E-state index < -0.39 is 12.0 Å². The number of hydrogen-bond donors (Lipinski definition) is 1. The van der Waals surface area contributed by atoms with E-state index in [1.807, 2.05) is 40.8 Å². The molecule has 0 saturated heterocycles. The van der Waals surface area contributed by atoms with Gasteiger partial charge < -0.3 is 19.7 Å². The van der Waals surface area contributed by atoms with Crippen LogP contribution >= 0.6 is 23.4 Å². The van der Waals surface area contributed by atoms with Crippen LogP contribution in [0.1, 0.15) is 25.5 Å². The van der Waals surface area contributed by atoms with Crippen molar-refractivity contribution in [1.29, 1.82) is 0 Å². The number of ether oxygens (including phenoxy) is 2. The summed E-state index contributed by atoms with van der Waals surface area (Å²) in [4.78, 5) is 31.4. The first-order valence-corrected chi connectivity index (χ1v) is 11.6. The van der Waals surface area contributed by atoms with Gasteiger partial charge in [0.05, 0.1) is 28.9 Å². The highest BCUT2D eigenvalue weighted by Crippen LogP contribution is 2.42. The van der Waals surface area contributed by atoms with Gasteiger partial charge in [-0.1, -0.05) is 47.6 Å². The maximum Gasteiger partial charge on any atom is 0.338 e. The second kappa shape index (κ2) is 10.1. The SMILES string of the molecule is CCOC(=O)C1=C(C)N=C2SC=CN2[C@H]1c1ccc(OCC(=O)Nc2ccccc2)c(Cl)c1. The van der Waals surface area contributed by atoms with Crippen molar-refractivity contribution in [2.45, 2.75) is 19.9 Å². The van der Waals surface area contributed by atoms with Gasteiger partial charge >= 0.3 is 5.97 Å². The zero-order valence-corrected chi connectivity index (χ0v) is 19.7. The summed E-state index contributed by atoms with van der Waals surface area (Å²) in [7, 11) is 0. The highest BCUT2D eigenvalue weighted by molar-refractivity contribution is 8.16. The van der Waals surface area contributed by atoms with E-state index in [1.165, 1.54) is 11.8 Å². The molecule has 0 fully saturated rings. The number of nitrogens with zero attached hydrogens (tertiary/aromatic N) is 2. The molecule has 0 bridgehead atoms. The molecule has 4 rings (SSSR count). The van der Waals surface area contributed by atoms with Crippen molar-refractivity contribution in [3.63, 3.8) is 0 Å². The molecule has 2 heterocycles. The van der Waals surface area contributed by atoms with E-state index in [4.69, 9.17) is 21.1 Å². The van der Waals surface area contributed by atoms with Gasteiger partial charge in [0, 0.05) is 11.9 Å². The van der Waals surface area contributed by atoms with E-state index in [0.29, 0.717) is 27.7 Å². The van der Waals surface area contributed by atoms with Crippen molar-refractivity contribution >= 4 is 46.1 Å². The monoisotopic (exact) mass is 483 g/mol. The average molecular weight is 484 g/mol. The molecule has 2 aromatic rings. The molecule has 2 aliphatic rings. The minimum absolute atomic E-state index is 0.188. The number of esters is 1. The Balaban J connectivity index is 1.53. The van der Waals surface area contributed by atoms with E-state index in [-0.39, 0.29) is 19.1 Å². The predicted molar refractivity (Wildman–Crippen MR) is 130 cm³/mol. The van der Waals surface area contributed by atoms with Crippen LogP contribution in [0.3, 0.4) is 0 Å². The second-order valence-electron chi connectivity index (χ2n) is 7.22. The number of para-hydroxylation sites is 1. The summed E-state index contributed by atoms with van der Waals surface area (Å²) in [5, 5.41) is 5.79. The van der Waals surface area contributed by atoms with Crippen molar-refractivity contribution in [3.05, 3.63) is 82.0 Å². The summed E-state index contributed by atoms with van der Waals surface area (Å²) >= 11 is 7.98. The van der Waals surface area contributed by atoms with Crippen LogP contribution < -0.4 is 10.1 Å². The van der Waals surface area contributed by atoms with Gasteiger partial charge in [-0.2, -0.15) is 0 Å². The predicted octanol–water partition coefficient (Wildman–Crippen LogP) is 5.13. The molecule has 0 spiro atoms. The second-order valence-corrected chi connectivity index (χ2v) is 8.50. The van der Waals surface area contributed by atoms with Gasteiger partial charge in [-0.3, -0.25) is 4.79 Å². The molecule has 7 nitrogen and oxygen atoms in total. The fourth-order valence-corrected chi connectivity index (χ4v) is 4.60. The van der Waals surface area contributed by atoms with Crippen molar-refractivity contribution in [2.24, 2.45) is 4.99 Å². The summed E-state index contributed by atoms with van der Waals surface area (Å²) in [6.45, 7) is 3.64. The number of hydrogen-bond acceptors (Lipinski definition) is 7. The zero-order valence-electron chi connectivity index (χ0n) is 18.1. The number of amides is 1. The highest BCUT2D eigenvalue weighted by atomic mass is 35.5. The molecule has 0 aromatic heterocycles. The van der Waals surface area contributed by atoms with E-state index in [2.05, 4.69) is 10.3 Å². The van der Waals surface area contributed by atoms with E-state index in [1.54, 1.807) is 38.1 Å². The van der Waals surface area contributed by atoms with E-state index >= 15 is 0 Å². The summed E-state index contributed by atoms with van der Waals surface area (Å²) in [6, 6.07) is 14.0. The van der Waals surface area contributed by atoms with Crippen molar-refractivity contribution in [1.82, 2.24) is 4.90 Å². The Bertz CT molecular complexity index is 1160. The van der Waals surface area contributed by atoms with Gasteiger partial charge in [-0.25, -0.2) is 9.79 Å². The van der Waals surface area contributed by atoms with Gasteiger partial charge in [-0.05, 0) is 49.1 Å². The van der Waals surface area contributed by atoms with Crippen LogP contribution in [0.2, 0.25) is 5.02 Å². The number of halogens is 1. The Morgan fingerprint density at radius 1 is 1.21 bits per heavy atom. The number of allylic oxidation sites excluding steroid dienone is 1. The zero-order chi connectivity index (χ0) is 23.4. The van der Waals surface area contributed by atoms with Gasteiger partial charge in [0.25, 0.3) is 5.91 Å². The van der Waals surface area contributed by atoms with Crippen LogP contribution in [-0.2, 0) is 14.3 Å². The van der Waals surface area contributed by atoms with Gasteiger partial charge in [0.15, 0.2) is 11.8 Å². The van der Waals surface area contributed by atoms with Crippen LogP contribution in [0.25, 0.3) is 0 Å². The average Bonchev–Trinajstić information content (AvgIpc) is 3.26. The number of benzene rings is 2. The molecule has 9 heteroatoms. The quantitative estimate of drug-likeness (QED) is 0.550. The van der Waals surface area contributed by atoms with Crippen LogP contribution in [0.5, 0.6) is 5.75 Å². The third-order valence-electron chi connectivity index (χ3n) is 5.00. The van der Waals surface area contributed by atoms with Gasteiger partial charge in [0.1, 0.15) is 5.75 Å². The number of aliphatic imine (C=N–C) groups is 1. The molecule has 33 heavy (non-hydrogen) atoms. The summed E-state index contributed by atoms with van der Waals surface area (Å²) in [5.41, 5.74) is 2.53. The molecular weight excluding hydrogens is 462 g/mol. The molecule has 0 aliphatic carbocycles. The number of nitrogens with one attached hydrogen (secondary N) is 1. The Kier molecular flexibility index (Phi) is 7.05. The number of carbonyl (C=O) groups excluding carboxylic acids is 2. The molecule has 0 radical (unpaired) electrons. The van der Waals surface area contributed by atoms with Crippen LogP contribution in [-0.4, -0.2) is 35.2 Å². The van der Waals surface area contributed by atoms with Crippen LogP contribution in [0.15, 0.2) is 76.4 Å². The first-order chi connectivity index (χ1) is 16.0. The smallest absolute Gasteiger partial charge is 0.338 e. The van der Waals surface area contributed by atoms with Crippen molar-refractivity contribution < 1.29 is 19.1 Å².